The van der Waals surface area contributed by atoms with Gasteiger partial charge in [-0.3, -0.25) is 4.79 Å². The van der Waals surface area contributed by atoms with Gasteiger partial charge in [-0.2, -0.15) is 0 Å². The Bertz CT molecular complexity index is 465. The third kappa shape index (κ3) is 2.45. The Morgan fingerprint density at radius 2 is 2.05 bits per heavy atom. The van der Waals surface area contributed by atoms with E-state index >= 15 is 0 Å². The fraction of sp³-hybridized carbons (Fsp3) is 0.533. The van der Waals surface area contributed by atoms with E-state index in [1.807, 2.05) is 24.3 Å². The van der Waals surface area contributed by atoms with Gasteiger partial charge in [0.15, 0.2) is 0 Å². The molecule has 4 nitrogen and oxygen atoms in total. The number of carbonyl (C=O) groups excluding carboxylic acids is 1. The molecule has 19 heavy (non-hydrogen) atoms. The summed E-state index contributed by atoms with van der Waals surface area (Å²) in [6.07, 6.45) is 3.84. The number of hydrogen-bond acceptors (Lipinski definition) is 3. The monoisotopic (exact) mass is 259 g/mol. The third-order valence-electron chi connectivity index (χ3n) is 4.45. The minimum absolute atomic E-state index is 0.0353. The maximum Gasteiger partial charge on any atom is 0.251 e. The van der Waals surface area contributed by atoms with Crippen LogP contribution >= 0.6 is 0 Å². The lowest BCUT2D eigenvalue weighted by Crippen LogP contribution is -2.52. The predicted molar refractivity (Wildman–Crippen MR) is 76.4 cm³/mol. The zero-order valence-electron chi connectivity index (χ0n) is 11.3. The van der Waals surface area contributed by atoms with E-state index < -0.39 is 0 Å². The van der Waals surface area contributed by atoms with E-state index in [4.69, 9.17) is 0 Å². The van der Waals surface area contributed by atoms with Gasteiger partial charge in [0, 0.05) is 37.4 Å². The lowest BCUT2D eigenvalue weighted by atomic mass is 9.80. The Hall–Kier alpha value is -1.55. The van der Waals surface area contributed by atoms with Crippen LogP contribution in [0.3, 0.4) is 0 Å². The molecule has 1 spiro atoms. The second-order valence-corrected chi connectivity index (χ2v) is 5.84. The molecule has 1 atom stereocenters. The molecule has 1 saturated carbocycles. The lowest BCUT2D eigenvalue weighted by Gasteiger charge is -2.39. The van der Waals surface area contributed by atoms with Gasteiger partial charge in [-0.25, -0.2) is 0 Å². The second kappa shape index (κ2) is 4.85. The molecular weight excluding hydrogens is 238 g/mol. The van der Waals surface area contributed by atoms with Crippen LogP contribution in [-0.4, -0.2) is 32.1 Å². The summed E-state index contributed by atoms with van der Waals surface area (Å²) in [5.74, 6) is -0.0353. The highest BCUT2D eigenvalue weighted by Crippen LogP contribution is 2.42. The summed E-state index contributed by atoms with van der Waals surface area (Å²) in [5, 5.41) is 9.60. The van der Waals surface area contributed by atoms with Crippen LogP contribution in [0.4, 0.5) is 5.69 Å². The number of amides is 1. The predicted octanol–water partition coefficient (Wildman–Crippen LogP) is 1.60. The van der Waals surface area contributed by atoms with Crippen molar-refractivity contribution in [3.63, 3.8) is 0 Å². The topological polar surface area (TPSA) is 53.2 Å². The first-order chi connectivity index (χ1) is 9.21. The molecule has 3 N–H and O–H groups in total. The van der Waals surface area contributed by atoms with Crippen LogP contribution in [0, 0.1) is 5.41 Å². The Morgan fingerprint density at radius 1 is 1.32 bits per heavy atom. The van der Waals surface area contributed by atoms with Crippen molar-refractivity contribution in [3.8, 4) is 0 Å². The van der Waals surface area contributed by atoms with Gasteiger partial charge in [0.1, 0.15) is 0 Å². The van der Waals surface area contributed by atoms with E-state index in [1.54, 1.807) is 7.05 Å². The van der Waals surface area contributed by atoms with Crippen molar-refractivity contribution in [1.82, 2.24) is 10.6 Å². The summed E-state index contributed by atoms with van der Waals surface area (Å²) in [7, 11) is 1.65. The van der Waals surface area contributed by atoms with Crippen molar-refractivity contribution in [3.05, 3.63) is 29.8 Å². The molecule has 1 saturated heterocycles. The van der Waals surface area contributed by atoms with Gasteiger partial charge < -0.3 is 16.0 Å². The largest absolute Gasteiger partial charge is 0.382 e. The number of rotatable bonds is 3. The molecule has 1 amide bonds. The zero-order chi connectivity index (χ0) is 13.3. The van der Waals surface area contributed by atoms with Gasteiger partial charge in [0.25, 0.3) is 5.91 Å². The van der Waals surface area contributed by atoms with E-state index in [0.29, 0.717) is 17.0 Å². The summed E-state index contributed by atoms with van der Waals surface area (Å²) in [5.41, 5.74) is 2.39. The standard InChI is InChI=1S/C15H21N3O/c1-16-14(19)11-2-4-12(5-3-11)18-13-6-7-15(8-13)9-17-10-15/h2-5,13,17-18H,6-10H2,1H3,(H,16,19). The molecule has 1 aromatic carbocycles. The van der Waals surface area contributed by atoms with Gasteiger partial charge in [-0.05, 0) is 48.9 Å². The zero-order valence-corrected chi connectivity index (χ0v) is 11.3. The SMILES string of the molecule is CNC(=O)c1ccc(NC2CCC3(CNC3)C2)cc1. The Morgan fingerprint density at radius 3 is 2.58 bits per heavy atom. The van der Waals surface area contributed by atoms with Crippen LogP contribution in [0.2, 0.25) is 0 Å². The van der Waals surface area contributed by atoms with E-state index in [0.717, 1.165) is 5.69 Å². The fourth-order valence-electron chi connectivity index (χ4n) is 3.23. The molecule has 102 valence electrons. The summed E-state index contributed by atoms with van der Waals surface area (Å²) in [6.45, 7) is 2.36. The minimum Gasteiger partial charge on any atom is -0.382 e. The summed E-state index contributed by atoms with van der Waals surface area (Å²) < 4.78 is 0. The normalized spacial score (nSPS) is 23.9. The first kappa shape index (κ1) is 12.5. The molecule has 2 aliphatic rings. The Kier molecular flexibility index (Phi) is 3.19. The molecule has 0 radical (unpaired) electrons. The maximum atomic E-state index is 11.5. The molecule has 2 fully saturated rings. The highest BCUT2D eigenvalue weighted by Gasteiger charge is 2.43. The number of carbonyl (C=O) groups is 1. The fourth-order valence-corrected chi connectivity index (χ4v) is 3.23. The number of benzene rings is 1. The van der Waals surface area contributed by atoms with Crippen LogP contribution in [-0.2, 0) is 0 Å². The molecule has 1 aliphatic carbocycles. The molecule has 1 aromatic rings. The van der Waals surface area contributed by atoms with Crippen LogP contribution in [0.1, 0.15) is 29.6 Å². The van der Waals surface area contributed by atoms with Crippen LogP contribution in [0.25, 0.3) is 0 Å². The summed E-state index contributed by atoms with van der Waals surface area (Å²) in [6, 6.07) is 8.31. The van der Waals surface area contributed by atoms with Gasteiger partial charge >= 0.3 is 0 Å². The molecule has 0 aromatic heterocycles. The van der Waals surface area contributed by atoms with Gasteiger partial charge in [-0.1, -0.05) is 0 Å². The van der Waals surface area contributed by atoms with Crippen molar-refractivity contribution in [2.24, 2.45) is 5.41 Å². The highest BCUT2D eigenvalue weighted by molar-refractivity contribution is 5.94. The van der Waals surface area contributed by atoms with E-state index in [2.05, 4.69) is 16.0 Å². The molecule has 4 heteroatoms. The summed E-state index contributed by atoms with van der Waals surface area (Å²) in [4.78, 5) is 11.5. The maximum absolute atomic E-state index is 11.5. The molecule has 1 unspecified atom stereocenters. The van der Waals surface area contributed by atoms with E-state index in [1.165, 1.54) is 32.4 Å². The van der Waals surface area contributed by atoms with Crippen molar-refractivity contribution >= 4 is 11.6 Å². The average molecular weight is 259 g/mol. The minimum atomic E-state index is -0.0353. The molecule has 3 rings (SSSR count). The van der Waals surface area contributed by atoms with E-state index in [-0.39, 0.29) is 5.91 Å². The second-order valence-electron chi connectivity index (χ2n) is 5.84. The van der Waals surface area contributed by atoms with Crippen LogP contribution < -0.4 is 16.0 Å². The number of hydrogen-bond donors (Lipinski definition) is 3. The molecular formula is C15H21N3O. The van der Waals surface area contributed by atoms with Crippen LogP contribution in [0.5, 0.6) is 0 Å². The Balaban J connectivity index is 1.60. The first-order valence-electron chi connectivity index (χ1n) is 7.00. The third-order valence-corrected chi connectivity index (χ3v) is 4.45. The van der Waals surface area contributed by atoms with Gasteiger partial charge in [0.2, 0.25) is 0 Å². The van der Waals surface area contributed by atoms with Crippen molar-refractivity contribution in [2.75, 3.05) is 25.5 Å². The quantitative estimate of drug-likeness (QED) is 0.773. The molecule has 1 heterocycles. The average Bonchev–Trinajstić information content (AvgIpc) is 2.83. The van der Waals surface area contributed by atoms with Crippen molar-refractivity contribution < 1.29 is 4.79 Å². The summed E-state index contributed by atoms with van der Waals surface area (Å²) >= 11 is 0. The van der Waals surface area contributed by atoms with Crippen molar-refractivity contribution in [1.29, 1.82) is 0 Å². The smallest absolute Gasteiger partial charge is 0.251 e. The number of anilines is 1. The molecule has 0 bridgehead atoms. The highest BCUT2D eigenvalue weighted by atomic mass is 16.1. The van der Waals surface area contributed by atoms with Gasteiger partial charge in [0.05, 0.1) is 0 Å². The van der Waals surface area contributed by atoms with Crippen LogP contribution in [0.15, 0.2) is 24.3 Å². The Labute approximate surface area is 114 Å². The van der Waals surface area contributed by atoms with Crippen molar-refractivity contribution in [2.45, 2.75) is 25.3 Å². The lowest BCUT2D eigenvalue weighted by molar-refractivity contribution is 0.0963. The molecule has 1 aliphatic heterocycles. The first-order valence-corrected chi connectivity index (χ1v) is 7.00. The number of nitrogens with one attached hydrogen (secondary N) is 3. The van der Waals surface area contributed by atoms with Gasteiger partial charge in [-0.15, -0.1) is 0 Å². The van der Waals surface area contributed by atoms with E-state index in [9.17, 15) is 4.79 Å².